The van der Waals surface area contributed by atoms with E-state index >= 15 is 0 Å². The van der Waals surface area contributed by atoms with Crippen LogP contribution in [0.25, 0.3) is 0 Å². The molecule has 0 heterocycles. The number of esters is 1. The third-order valence-electron chi connectivity index (χ3n) is 1.02. The van der Waals surface area contributed by atoms with Crippen LogP contribution < -0.4 is 11.5 Å². The van der Waals surface area contributed by atoms with E-state index in [2.05, 4.69) is 18.2 Å². The van der Waals surface area contributed by atoms with Crippen LogP contribution in [0.2, 0.25) is 0 Å². The van der Waals surface area contributed by atoms with E-state index in [1.54, 1.807) is 0 Å². The first-order valence-corrected chi connectivity index (χ1v) is 3.15. The molecule has 1 radical (unpaired) electrons. The topological polar surface area (TPSA) is 78.3 Å². The first-order chi connectivity index (χ1) is 4.89. The van der Waals surface area contributed by atoms with Crippen LogP contribution in [0, 0.1) is 6.92 Å². The second-order valence-electron chi connectivity index (χ2n) is 2.37. The molecule has 0 atom stereocenters. The molecule has 0 saturated heterocycles. The van der Waals surface area contributed by atoms with Crippen LogP contribution in [0.15, 0.2) is 12.2 Å². The van der Waals surface area contributed by atoms with Gasteiger partial charge in [-0.3, -0.25) is 11.5 Å². The summed E-state index contributed by atoms with van der Waals surface area (Å²) in [5, 5.41) is 0. The maximum absolute atomic E-state index is 10.8. The van der Waals surface area contributed by atoms with Crippen LogP contribution in [0.4, 0.5) is 0 Å². The number of hydrogen-bond acceptors (Lipinski definition) is 4. The van der Waals surface area contributed by atoms with Gasteiger partial charge in [0.25, 0.3) is 0 Å². The van der Waals surface area contributed by atoms with Gasteiger partial charge in [0.1, 0.15) is 0 Å². The van der Waals surface area contributed by atoms with E-state index < -0.39 is 11.8 Å². The lowest BCUT2D eigenvalue weighted by Gasteiger charge is -2.22. The van der Waals surface area contributed by atoms with Gasteiger partial charge in [0, 0.05) is 12.0 Å². The van der Waals surface area contributed by atoms with E-state index in [0.29, 0.717) is 0 Å². The van der Waals surface area contributed by atoms with Crippen molar-refractivity contribution in [2.45, 2.75) is 19.2 Å². The average Bonchev–Trinajstić information content (AvgIpc) is 1.87. The standard InChI is InChI=1S/C7H13N2O2/c1-4-7(8,9)11-6(10)5(2)3/h1-2,4,8-9H2,3H3. The van der Waals surface area contributed by atoms with Gasteiger partial charge in [-0.25, -0.2) is 4.79 Å². The number of hydrogen-bond donors (Lipinski definition) is 2. The third-order valence-corrected chi connectivity index (χ3v) is 1.02. The van der Waals surface area contributed by atoms with Gasteiger partial charge < -0.3 is 4.74 Å². The highest BCUT2D eigenvalue weighted by Gasteiger charge is 2.21. The molecule has 0 bridgehead atoms. The Kier molecular flexibility index (Phi) is 3.22. The molecule has 0 aliphatic carbocycles. The molecule has 0 aromatic heterocycles. The predicted molar refractivity (Wildman–Crippen MR) is 42.0 cm³/mol. The summed E-state index contributed by atoms with van der Waals surface area (Å²) in [5.74, 6) is -2.07. The van der Waals surface area contributed by atoms with Crippen molar-refractivity contribution in [3.05, 3.63) is 19.1 Å². The second-order valence-corrected chi connectivity index (χ2v) is 2.37. The highest BCUT2D eigenvalue weighted by atomic mass is 16.6. The summed E-state index contributed by atoms with van der Waals surface area (Å²) in [7, 11) is 0. The Labute approximate surface area is 66.2 Å². The highest BCUT2D eigenvalue weighted by Crippen LogP contribution is 2.03. The molecule has 0 aromatic carbocycles. The molecule has 0 fully saturated rings. The first kappa shape index (κ1) is 10.1. The zero-order valence-electron chi connectivity index (χ0n) is 6.59. The van der Waals surface area contributed by atoms with Crippen molar-refractivity contribution in [1.82, 2.24) is 0 Å². The third kappa shape index (κ3) is 3.75. The fourth-order valence-corrected chi connectivity index (χ4v) is 0.311. The first-order valence-electron chi connectivity index (χ1n) is 3.15. The Balaban J connectivity index is 4.04. The van der Waals surface area contributed by atoms with Crippen LogP contribution in [0.3, 0.4) is 0 Å². The Morgan fingerprint density at radius 2 is 2.09 bits per heavy atom. The minimum Gasteiger partial charge on any atom is -0.427 e. The van der Waals surface area contributed by atoms with Gasteiger partial charge in [-0.1, -0.05) is 6.58 Å². The molecule has 11 heavy (non-hydrogen) atoms. The lowest BCUT2D eigenvalue weighted by molar-refractivity contribution is -0.153. The fourth-order valence-electron chi connectivity index (χ4n) is 0.311. The zero-order chi connectivity index (χ0) is 9.07. The highest BCUT2D eigenvalue weighted by molar-refractivity contribution is 5.87. The molecule has 0 saturated carbocycles. The second kappa shape index (κ2) is 3.50. The van der Waals surface area contributed by atoms with Gasteiger partial charge in [0.05, 0.1) is 0 Å². The summed E-state index contributed by atoms with van der Waals surface area (Å²) in [6.45, 7) is 8.30. The molecule has 4 heteroatoms. The summed E-state index contributed by atoms with van der Waals surface area (Å²) in [6, 6.07) is 0. The largest absolute Gasteiger partial charge is 0.427 e. The van der Waals surface area contributed by atoms with E-state index in [9.17, 15) is 4.79 Å². The van der Waals surface area contributed by atoms with Crippen LogP contribution in [-0.4, -0.2) is 11.8 Å². The van der Waals surface area contributed by atoms with Crippen molar-refractivity contribution in [3.8, 4) is 0 Å². The normalized spacial score (nSPS) is 10.9. The number of carbonyl (C=O) groups excluding carboxylic acids is 1. The van der Waals surface area contributed by atoms with Crippen molar-refractivity contribution in [2.24, 2.45) is 11.5 Å². The quantitative estimate of drug-likeness (QED) is 0.340. The van der Waals surface area contributed by atoms with Crippen molar-refractivity contribution in [1.29, 1.82) is 0 Å². The average molecular weight is 157 g/mol. The Morgan fingerprint density at radius 1 is 1.64 bits per heavy atom. The predicted octanol–water partition coefficient (Wildman–Crippen LogP) is -0.0989. The van der Waals surface area contributed by atoms with E-state index in [1.807, 2.05) is 0 Å². The van der Waals surface area contributed by atoms with Crippen LogP contribution >= 0.6 is 0 Å². The Bertz CT molecular complexity index is 175. The number of nitrogens with two attached hydrogens (primary N) is 2. The van der Waals surface area contributed by atoms with Gasteiger partial charge in [-0.2, -0.15) is 0 Å². The number of ether oxygens (including phenoxy) is 1. The maximum Gasteiger partial charge on any atom is 0.335 e. The van der Waals surface area contributed by atoms with Crippen LogP contribution in [-0.2, 0) is 9.53 Å². The summed E-state index contributed by atoms with van der Waals surface area (Å²) in [4.78, 5) is 10.8. The van der Waals surface area contributed by atoms with Gasteiger partial charge in [0.2, 0.25) is 5.85 Å². The van der Waals surface area contributed by atoms with Crippen LogP contribution in [0.1, 0.15) is 13.3 Å². The van der Waals surface area contributed by atoms with Crippen molar-refractivity contribution < 1.29 is 9.53 Å². The minimum absolute atomic E-state index is 0.117. The molecule has 63 valence electrons. The monoisotopic (exact) mass is 157 g/mol. The summed E-state index contributed by atoms with van der Waals surface area (Å²) in [5.41, 5.74) is 10.8. The smallest absolute Gasteiger partial charge is 0.335 e. The van der Waals surface area contributed by atoms with E-state index in [1.165, 1.54) is 6.92 Å². The van der Waals surface area contributed by atoms with Crippen molar-refractivity contribution in [2.75, 3.05) is 0 Å². The van der Waals surface area contributed by atoms with Crippen LogP contribution in [0.5, 0.6) is 0 Å². The van der Waals surface area contributed by atoms with Gasteiger partial charge in [-0.05, 0) is 13.8 Å². The molecule has 4 N–H and O–H groups in total. The zero-order valence-corrected chi connectivity index (χ0v) is 6.59. The Hall–Kier alpha value is -0.870. The molecule has 4 nitrogen and oxygen atoms in total. The molecule has 0 spiro atoms. The van der Waals surface area contributed by atoms with E-state index in [4.69, 9.17) is 11.5 Å². The Morgan fingerprint density at radius 3 is 2.36 bits per heavy atom. The molecular weight excluding hydrogens is 144 g/mol. The maximum atomic E-state index is 10.8. The minimum atomic E-state index is -1.48. The summed E-state index contributed by atoms with van der Waals surface area (Å²) < 4.78 is 4.60. The lowest BCUT2D eigenvalue weighted by atomic mass is 10.3. The van der Waals surface area contributed by atoms with Gasteiger partial charge >= 0.3 is 5.97 Å². The summed E-state index contributed by atoms with van der Waals surface area (Å²) in [6.07, 6.45) is 0.117. The fraction of sp³-hybridized carbons (Fsp3) is 0.429. The van der Waals surface area contributed by atoms with Gasteiger partial charge in [-0.15, -0.1) is 0 Å². The molecule has 0 aliphatic rings. The van der Waals surface area contributed by atoms with Gasteiger partial charge in [0.15, 0.2) is 0 Å². The number of carbonyl (C=O) groups is 1. The molecule has 0 unspecified atom stereocenters. The molecule has 0 rings (SSSR count). The lowest BCUT2D eigenvalue weighted by Crippen LogP contribution is -2.52. The van der Waals surface area contributed by atoms with Crippen molar-refractivity contribution in [3.63, 3.8) is 0 Å². The SMILES string of the molecule is [CH2]CC(N)(N)OC(=O)C(=C)C. The molecular formula is C7H13N2O2. The molecule has 0 aromatic rings. The summed E-state index contributed by atoms with van der Waals surface area (Å²) >= 11 is 0. The van der Waals surface area contributed by atoms with Crippen molar-refractivity contribution >= 4 is 5.97 Å². The molecule has 0 aliphatic heterocycles. The molecule has 0 amide bonds. The van der Waals surface area contributed by atoms with E-state index in [0.717, 1.165) is 0 Å². The van der Waals surface area contributed by atoms with E-state index in [-0.39, 0.29) is 12.0 Å². The number of rotatable bonds is 3.